The first kappa shape index (κ1) is 11.2. The smallest absolute Gasteiger partial charge is 0.306 e. The first-order valence-electron chi connectivity index (χ1n) is 5.19. The fourth-order valence-corrected chi connectivity index (χ4v) is 1.40. The molecule has 0 atom stereocenters. The average molecular weight is 232 g/mol. The Labute approximate surface area is 98.3 Å². The van der Waals surface area contributed by atoms with Crippen LogP contribution in [0.25, 0.3) is 5.69 Å². The molecule has 0 unspecified atom stereocenters. The number of ether oxygens (including phenoxy) is 1. The van der Waals surface area contributed by atoms with Crippen molar-refractivity contribution in [2.24, 2.45) is 0 Å². The van der Waals surface area contributed by atoms with E-state index in [1.165, 1.54) is 0 Å². The normalized spacial score (nSPS) is 10.1. The van der Waals surface area contributed by atoms with E-state index >= 15 is 0 Å². The molecule has 0 spiro atoms. The van der Waals surface area contributed by atoms with Crippen LogP contribution in [0.1, 0.15) is 6.42 Å². The van der Waals surface area contributed by atoms with Crippen LogP contribution in [0.3, 0.4) is 0 Å². The second-order valence-electron chi connectivity index (χ2n) is 3.46. The summed E-state index contributed by atoms with van der Waals surface area (Å²) in [5.74, 6) is -0.215. The molecule has 88 valence electrons. The van der Waals surface area contributed by atoms with Crippen LogP contribution in [-0.2, 0) is 4.79 Å². The number of hydrogen-bond acceptors (Lipinski definition) is 3. The van der Waals surface area contributed by atoms with Crippen molar-refractivity contribution in [3.8, 4) is 11.4 Å². The van der Waals surface area contributed by atoms with Crippen molar-refractivity contribution >= 4 is 5.97 Å². The van der Waals surface area contributed by atoms with Gasteiger partial charge in [0, 0.05) is 18.5 Å². The fraction of sp³-hybridized carbons (Fsp3) is 0.167. The molecule has 0 saturated heterocycles. The molecule has 5 heteroatoms. The van der Waals surface area contributed by atoms with Crippen molar-refractivity contribution in [2.75, 3.05) is 6.61 Å². The minimum Gasteiger partial charge on any atom is -0.493 e. The van der Waals surface area contributed by atoms with Gasteiger partial charge >= 0.3 is 5.97 Å². The molecule has 1 aromatic carbocycles. The van der Waals surface area contributed by atoms with Gasteiger partial charge in [-0.3, -0.25) is 4.79 Å². The molecule has 17 heavy (non-hydrogen) atoms. The van der Waals surface area contributed by atoms with E-state index in [1.54, 1.807) is 18.6 Å². The number of aromatic nitrogens is 2. The number of carbonyl (C=O) groups is 1. The number of carboxylic acids is 1. The van der Waals surface area contributed by atoms with Gasteiger partial charge in [0.15, 0.2) is 0 Å². The summed E-state index contributed by atoms with van der Waals surface area (Å²) in [5, 5.41) is 8.50. The van der Waals surface area contributed by atoms with E-state index in [4.69, 9.17) is 9.84 Å². The number of imidazole rings is 1. The third-order valence-electron chi connectivity index (χ3n) is 2.20. The standard InChI is InChI=1S/C12H12N2O3/c15-12(16)4-7-17-11-3-1-2-10(8-11)14-6-5-13-9-14/h1-3,5-6,8-9H,4,7H2,(H,15,16). The number of nitrogens with zero attached hydrogens (tertiary/aromatic N) is 2. The second kappa shape index (κ2) is 5.16. The lowest BCUT2D eigenvalue weighted by Crippen LogP contribution is -2.05. The zero-order valence-corrected chi connectivity index (χ0v) is 9.11. The van der Waals surface area contributed by atoms with Crippen LogP contribution in [0.4, 0.5) is 0 Å². The molecular formula is C12H12N2O3. The molecule has 1 heterocycles. The molecule has 5 nitrogen and oxygen atoms in total. The van der Waals surface area contributed by atoms with Crippen LogP contribution in [-0.4, -0.2) is 27.2 Å². The van der Waals surface area contributed by atoms with E-state index in [-0.39, 0.29) is 13.0 Å². The molecular weight excluding hydrogens is 220 g/mol. The summed E-state index contributed by atoms with van der Waals surface area (Å²) in [7, 11) is 0. The summed E-state index contributed by atoms with van der Waals surface area (Å²) < 4.78 is 7.19. The molecule has 0 amide bonds. The molecule has 0 bridgehead atoms. The Kier molecular flexibility index (Phi) is 3.40. The topological polar surface area (TPSA) is 64.3 Å². The van der Waals surface area contributed by atoms with E-state index in [1.807, 2.05) is 29.0 Å². The summed E-state index contributed by atoms with van der Waals surface area (Å²) in [6.07, 6.45) is 5.21. The molecule has 0 aliphatic carbocycles. The Bertz CT molecular complexity index is 494. The van der Waals surface area contributed by atoms with Gasteiger partial charge in [-0.1, -0.05) is 6.07 Å². The number of aliphatic carboxylic acids is 1. The zero-order chi connectivity index (χ0) is 12.1. The molecule has 2 aromatic rings. The molecule has 0 radical (unpaired) electrons. The van der Waals surface area contributed by atoms with E-state index < -0.39 is 5.97 Å². The Morgan fingerprint density at radius 2 is 2.35 bits per heavy atom. The first-order chi connectivity index (χ1) is 8.25. The van der Waals surface area contributed by atoms with Crippen molar-refractivity contribution in [3.63, 3.8) is 0 Å². The first-order valence-corrected chi connectivity index (χ1v) is 5.19. The summed E-state index contributed by atoms with van der Waals surface area (Å²) in [5.41, 5.74) is 0.926. The van der Waals surface area contributed by atoms with E-state index in [0.717, 1.165) is 5.69 Å². The van der Waals surface area contributed by atoms with Gasteiger partial charge in [-0.05, 0) is 12.1 Å². The quantitative estimate of drug-likeness (QED) is 0.852. The Morgan fingerprint density at radius 1 is 1.47 bits per heavy atom. The van der Waals surface area contributed by atoms with Crippen LogP contribution in [0.15, 0.2) is 43.0 Å². The maximum absolute atomic E-state index is 10.4. The van der Waals surface area contributed by atoms with Gasteiger partial charge in [-0.2, -0.15) is 0 Å². The molecule has 1 N–H and O–H groups in total. The number of hydrogen-bond donors (Lipinski definition) is 1. The highest BCUT2D eigenvalue weighted by atomic mass is 16.5. The minimum atomic E-state index is -0.865. The molecule has 2 rings (SSSR count). The molecule has 0 saturated carbocycles. The van der Waals surface area contributed by atoms with E-state index in [2.05, 4.69) is 4.98 Å². The third kappa shape index (κ3) is 3.07. The van der Waals surface area contributed by atoms with Crippen molar-refractivity contribution in [1.82, 2.24) is 9.55 Å². The van der Waals surface area contributed by atoms with E-state index in [9.17, 15) is 4.79 Å². The van der Waals surface area contributed by atoms with Crippen molar-refractivity contribution in [2.45, 2.75) is 6.42 Å². The highest BCUT2D eigenvalue weighted by Crippen LogP contribution is 2.16. The highest BCUT2D eigenvalue weighted by molar-refractivity contribution is 5.66. The van der Waals surface area contributed by atoms with Gasteiger partial charge in [-0.15, -0.1) is 0 Å². The lowest BCUT2D eigenvalue weighted by molar-refractivity contribution is -0.137. The van der Waals surface area contributed by atoms with Crippen LogP contribution in [0, 0.1) is 0 Å². The second-order valence-corrected chi connectivity index (χ2v) is 3.46. The van der Waals surface area contributed by atoms with Gasteiger partial charge in [0.2, 0.25) is 0 Å². The van der Waals surface area contributed by atoms with Gasteiger partial charge in [0.25, 0.3) is 0 Å². The Hall–Kier alpha value is -2.30. The maximum atomic E-state index is 10.4. The summed E-state index contributed by atoms with van der Waals surface area (Å²) >= 11 is 0. The number of carboxylic acid groups (broad SMARTS) is 1. The van der Waals surface area contributed by atoms with Crippen molar-refractivity contribution in [1.29, 1.82) is 0 Å². The summed E-state index contributed by atoms with van der Waals surface area (Å²) in [6, 6.07) is 7.41. The number of rotatable bonds is 5. The molecule has 1 aromatic heterocycles. The maximum Gasteiger partial charge on any atom is 0.306 e. The van der Waals surface area contributed by atoms with Crippen LogP contribution in [0.2, 0.25) is 0 Å². The predicted octanol–water partition coefficient (Wildman–Crippen LogP) is 1.73. The summed E-state index contributed by atoms with van der Waals surface area (Å²) in [4.78, 5) is 14.3. The Morgan fingerprint density at radius 3 is 3.06 bits per heavy atom. The monoisotopic (exact) mass is 232 g/mol. The van der Waals surface area contributed by atoms with Crippen LogP contribution in [0.5, 0.6) is 5.75 Å². The Balaban J connectivity index is 2.04. The van der Waals surface area contributed by atoms with E-state index in [0.29, 0.717) is 5.75 Å². The van der Waals surface area contributed by atoms with Crippen molar-refractivity contribution in [3.05, 3.63) is 43.0 Å². The third-order valence-corrected chi connectivity index (χ3v) is 2.20. The largest absolute Gasteiger partial charge is 0.493 e. The fourth-order valence-electron chi connectivity index (χ4n) is 1.40. The van der Waals surface area contributed by atoms with Gasteiger partial charge in [-0.25, -0.2) is 4.98 Å². The molecule has 0 aliphatic heterocycles. The van der Waals surface area contributed by atoms with Crippen LogP contribution >= 0.6 is 0 Å². The highest BCUT2D eigenvalue weighted by Gasteiger charge is 2.00. The minimum absolute atomic E-state index is 0.00466. The number of benzene rings is 1. The van der Waals surface area contributed by atoms with Crippen molar-refractivity contribution < 1.29 is 14.6 Å². The summed E-state index contributed by atoms with van der Waals surface area (Å²) in [6.45, 7) is 0.169. The van der Waals surface area contributed by atoms with Gasteiger partial charge in [0.1, 0.15) is 5.75 Å². The van der Waals surface area contributed by atoms with Crippen LogP contribution < -0.4 is 4.74 Å². The molecule has 0 fully saturated rings. The molecule has 0 aliphatic rings. The van der Waals surface area contributed by atoms with Gasteiger partial charge < -0.3 is 14.4 Å². The zero-order valence-electron chi connectivity index (χ0n) is 9.11. The lowest BCUT2D eigenvalue weighted by atomic mass is 10.3. The predicted molar refractivity (Wildman–Crippen MR) is 61.3 cm³/mol. The lowest BCUT2D eigenvalue weighted by Gasteiger charge is -2.07. The average Bonchev–Trinajstić information content (AvgIpc) is 2.82. The SMILES string of the molecule is O=C(O)CCOc1cccc(-n2ccnc2)c1. The van der Waals surface area contributed by atoms with Gasteiger partial charge in [0.05, 0.1) is 25.0 Å².